The van der Waals surface area contributed by atoms with Crippen molar-refractivity contribution in [2.45, 2.75) is 38.3 Å². The summed E-state index contributed by atoms with van der Waals surface area (Å²) in [4.78, 5) is 2.57. The van der Waals surface area contributed by atoms with Crippen LogP contribution in [0.1, 0.15) is 26.2 Å². The molecule has 2 heteroatoms. The van der Waals surface area contributed by atoms with E-state index in [1.54, 1.807) is 0 Å². The van der Waals surface area contributed by atoms with Crippen molar-refractivity contribution in [3.8, 4) is 0 Å². The van der Waals surface area contributed by atoms with E-state index in [2.05, 4.69) is 18.4 Å². The first-order valence-electron chi connectivity index (χ1n) is 5.70. The minimum atomic E-state index is -0.121. The Hall–Kier alpha value is -0.340. The van der Waals surface area contributed by atoms with Gasteiger partial charge >= 0.3 is 0 Å². The zero-order chi connectivity index (χ0) is 9.92. The molecule has 3 fully saturated rings. The van der Waals surface area contributed by atoms with Crippen LogP contribution in [0.3, 0.4) is 0 Å². The molecule has 1 saturated carbocycles. The van der Waals surface area contributed by atoms with Crippen LogP contribution in [-0.4, -0.2) is 35.2 Å². The fraction of sp³-hybridized carbons (Fsp3) is 0.833. The molecule has 0 aromatic carbocycles. The van der Waals surface area contributed by atoms with Crippen molar-refractivity contribution >= 4 is 0 Å². The zero-order valence-corrected chi connectivity index (χ0v) is 8.87. The average molecular weight is 193 g/mol. The second-order valence-electron chi connectivity index (χ2n) is 5.66. The topological polar surface area (TPSA) is 23.5 Å². The third-order valence-corrected chi connectivity index (χ3v) is 4.76. The molecule has 2 heterocycles. The molecule has 0 aromatic rings. The molecule has 0 unspecified atom stereocenters. The SMILES string of the molecule is C=C1CN2CC[C@@]3(C)C[C@@H](O)[C@@H]1C[C@@H]23. The number of aliphatic hydroxyl groups is 1. The molecule has 0 radical (unpaired) electrons. The maximum Gasteiger partial charge on any atom is 0.0612 e. The predicted molar refractivity (Wildman–Crippen MR) is 56.0 cm³/mol. The monoisotopic (exact) mass is 193 g/mol. The van der Waals surface area contributed by atoms with Crippen LogP contribution in [0, 0.1) is 11.3 Å². The van der Waals surface area contributed by atoms with E-state index in [0.717, 1.165) is 25.4 Å². The summed E-state index contributed by atoms with van der Waals surface area (Å²) in [6.07, 6.45) is 3.27. The highest BCUT2D eigenvalue weighted by atomic mass is 16.3. The van der Waals surface area contributed by atoms with E-state index >= 15 is 0 Å². The molecular weight excluding hydrogens is 174 g/mol. The molecule has 0 spiro atoms. The third kappa shape index (κ3) is 0.986. The molecule has 0 aromatic heterocycles. The van der Waals surface area contributed by atoms with Gasteiger partial charge < -0.3 is 5.11 Å². The number of hydrogen-bond donors (Lipinski definition) is 1. The molecule has 2 bridgehead atoms. The molecule has 2 aliphatic heterocycles. The van der Waals surface area contributed by atoms with E-state index in [4.69, 9.17) is 0 Å². The lowest BCUT2D eigenvalue weighted by Gasteiger charge is -2.50. The fourth-order valence-corrected chi connectivity index (χ4v) is 3.86. The second-order valence-corrected chi connectivity index (χ2v) is 5.66. The summed E-state index contributed by atoms with van der Waals surface area (Å²) in [6, 6.07) is 0.724. The molecule has 78 valence electrons. The van der Waals surface area contributed by atoms with Crippen molar-refractivity contribution in [3.63, 3.8) is 0 Å². The number of rotatable bonds is 0. The maximum atomic E-state index is 10.1. The minimum absolute atomic E-state index is 0.121. The van der Waals surface area contributed by atoms with Gasteiger partial charge in [0.2, 0.25) is 0 Å². The van der Waals surface area contributed by atoms with Crippen molar-refractivity contribution in [2.24, 2.45) is 11.3 Å². The minimum Gasteiger partial charge on any atom is -0.392 e. The lowest BCUT2D eigenvalue weighted by atomic mass is 9.64. The van der Waals surface area contributed by atoms with Crippen molar-refractivity contribution in [1.82, 2.24) is 4.90 Å². The first-order valence-corrected chi connectivity index (χ1v) is 5.70. The smallest absolute Gasteiger partial charge is 0.0612 e. The highest BCUT2D eigenvalue weighted by molar-refractivity contribution is 5.19. The molecule has 1 N–H and O–H groups in total. The highest BCUT2D eigenvalue weighted by Crippen LogP contribution is 2.52. The van der Waals surface area contributed by atoms with Gasteiger partial charge in [0, 0.05) is 18.5 Å². The van der Waals surface area contributed by atoms with Gasteiger partial charge in [-0.25, -0.2) is 0 Å². The van der Waals surface area contributed by atoms with Crippen LogP contribution in [-0.2, 0) is 0 Å². The van der Waals surface area contributed by atoms with E-state index in [-0.39, 0.29) is 6.10 Å². The normalized spacial score (nSPS) is 52.4. The van der Waals surface area contributed by atoms with Crippen LogP contribution in [0.5, 0.6) is 0 Å². The summed E-state index contributed by atoms with van der Waals surface area (Å²) in [5.74, 6) is 0.391. The predicted octanol–water partition coefficient (Wildman–Crippen LogP) is 1.41. The third-order valence-electron chi connectivity index (χ3n) is 4.76. The van der Waals surface area contributed by atoms with E-state index < -0.39 is 0 Å². The van der Waals surface area contributed by atoms with Crippen LogP contribution in [0.2, 0.25) is 0 Å². The molecule has 14 heavy (non-hydrogen) atoms. The lowest BCUT2D eigenvalue weighted by Crippen LogP contribution is -2.53. The number of hydrogen-bond acceptors (Lipinski definition) is 2. The molecule has 1 aliphatic carbocycles. The van der Waals surface area contributed by atoms with Crippen molar-refractivity contribution in [1.29, 1.82) is 0 Å². The molecule has 0 amide bonds. The summed E-state index contributed by atoms with van der Waals surface area (Å²) in [5, 5.41) is 10.1. The summed E-state index contributed by atoms with van der Waals surface area (Å²) < 4.78 is 0. The van der Waals surface area contributed by atoms with Gasteiger partial charge in [-0.3, -0.25) is 4.90 Å². The largest absolute Gasteiger partial charge is 0.392 e. The summed E-state index contributed by atoms with van der Waals surface area (Å²) in [5.41, 5.74) is 1.65. The van der Waals surface area contributed by atoms with Crippen LogP contribution in [0.25, 0.3) is 0 Å². The van der Waals surface area contributed by atoms with Crippen LogP contribution < -0.4 is 0 Å². The van der Waals surface area contributed by atoms with Crippen LogP contribution in [0.4, 0.5) is 0 Å². The van der Waals surface area contributed by atoms with E-state index in [0.29, 0.717) is 11.3 Å². The van der Waals surface area contributed by atoms with Crippen LogP contribution in [0.15, 0.2) is 12.2 Å². The Labute approximate surface area is 85.6 Å². The summed E-state index contributed by atoms with van der Waals surface area (Å²) in [6.45, 7) is 8.71. The Bertz CT molecular complexity index is 288. The van der Waals surface area contributed by atoms with Crippen molar-refractivity contribution in [3.05, 3.63) is 12.2 Å². The standard InChI is InChI=1S/C12H19NO/c1-8-7-13-4-3-12(2)6-10(14)9(8)5-11(12)13/h9-11,14H,1,3-7H2,2H3/t9-,10-,11-,12+/m1/s1. The Kier molecular flexibility index (Phi) is 1.67. The van der Waals surface area contributed by atoms with Crippen molar-refractivity contribution < 1.29 is 5.11 Å². The van der Waals surface area contributed by atoms with Crippen molar-refractivity contribution in [2.75, 3.05) is 13.1 Å². The Morgan fingerprint density at radius 3 is 3.14 bits per heavy atom. The average Bonchev–Trinajstić information content (AvgIpc) is 2.44. The molecule has 3 aliphatic rings. The number of aliphatic hydroxyl groups excluding tert-OH is 1. The van der Waals surface area contributed by atoms with Gasteiger partial charge in [0.15, 0.2) is 0 Å². The van der Waals surface area contributed by atoms with Gasteiger partial charge in [-0.15, -0.1) is 0 Å². The number of fused-ring (bicyclic) bond motifs is 1. The fourth-order valence-electron chi connectivity index (χ4n) is 3.86. The van der Waals surface area contributed by atoms with Gasteiger partial charge in [-0.2, -0.15) is 0 Å². The van der Waals surface area contributed by atoms with Gasteiger partial charge in [-0.1, -0.05) is 19.1 Å². The second kappa shape index (κ2) is 2.61. The quantitative estimate of drug-likeness (QED) is 0.588. The number of nitrogens with zero attached hydrogens (tertiary/aromatic N) is 1. The van der Waals surface area contributed by atoms with E-state index in [1.807, 2.05) is 0 Å². The Balaban J connectivity index is 1.98. The summed E-state index contributed by atoms with van der Waals surface area (Å²) >= 11 is 0. The molecule has 2 nitrogen and oxygen atoms in total. The molecule has 2 saturated heterocycles. The first kappa shape index (κ1) is 8.93. The first-order chi connectivity index (χ1) is 6.60. The zero-order valence-electron chi connectivity index (χ0n) is 8.87. The highest BCUT2D eigenvalue weighted by Gasteiger charge is 2.53. The van der Waals surface area contributed by atoms with Gasteiger partial charge in [0.1, 0.15) is 0 Å². The van der Waals surface area contributed by atoms with Gasteiger partial charge in [0.25, 0.3) is 0 Å². The van der Waals surface area contributed by atoms with E-state index in [1.165, 1.54) is 18.5 Å². The van der Waals surface area contributed by atoms with E-state index in [9.17, 15) is 5.11 Å². The molecular formula is C12H19NO. The van der Waals surface area contributed by atoms with Gasteiger partial charge in [0.05, 0.1) is 6.10 Å². The maximum absolute atomic E-state index is 10.1. The number of piperidine rings is 1. The van der Waals surface area contributed by atoms with Crippen LogP contribution >= 0.6 is 0 Å². The molecule has 4 atom stereocenters. The lowest BCUT2D eigenvalue weighted by molar-refractivity contribution is -0.0259. The molecule has 3 rings (SSSR count). The summed E-state index contributed by atoms with van der Waals surface area (Å²) in [7, 11) is 0. The Morgan fingerprint density at radius 2 is 2.36 bits per heavy atom. The van der Waals surface area contributed by atoms with Gasteiger partial charge in [-0.05, 0) is 31.2 Å². The Morgan fingerprint density at radius 1 is 1.57 bits per heavy atom.